The molecule has 0 aromatic rings. The molecule has 0 aromatic carbocycles. The number of aliphatic hydroxyl groups is 2. The summed E-state index contributed by atoms with van der Waals surface area (Å²) in [5.41, 5.74) is 0. The van der Waals surface area contributed by atoms with Crippen LogP contribution in [-0.4, -0.2) is 65.7 Å². The van der Waals surface area contributed by atoms with Gasteiger partial charge in [0, 0.05) is 6.42 Å². The number of esters is 2. The number of ether oxygens (including phenoxy) is 2. The van der Waals surface area contributed by atoms with Gasteiger partial charge < -0.3 is 24.6 Å². The molecule has 3 unspecified atom stereocenters. The summed E-state index contributed by atoms with van der Waals surface area (Å²) in [6.07, 6.45) is 52.4. The van der Waals surface area contributed by atoms with E-state index < -0.39 is 58.4 Å². The van der Waals surface area contributed by atoms with Gasteiger partial charge in [0.05, 0.1) is 32.8 Å². The maximum Gasteiger partial charge on any atom is 0.472 e. The van der Waals surface area contributed by atoms with E-state index in [-0.39, 0.29) is 12.8 Å². The Labute approximate surface area is 372 Å². The van der Waals surface area contributed by atoms with E-state index in [1.165, 1.54) is 122 Å². The zero-order valence-corrected chi connectivity index (χ0v) is 39.5. The summed E-state index contributed by atoms with van der Waals surface area (Å²) in [5.74, 6) is -1.15. The van der Waals surface area contributed by atoms with Crippen molar-refractivity contribution in [1.29, 1.82) is 0 Å². The molecule has 3 N–H and O–H groups in total. The molecule has 3 atom stereocenters. The van der Waals surface area contributed by atoms with Crippen molar-refractivity contribution >= 4 is 19.8 Å². The first-order chi connectivity index (χ1) is 29.8. The molecule has 10 nitrogen and oxygen atoms in total. The molecular weight excluding hydrogens is 792 g/mol. The first kappa shape index (κ1) is 58.7. The van der Waals surface area contributed by atoms with Crippen LogP contribution < -0.4 is 0 Å². The smallest absolute Gasteiger partial charge is 0.457 e. The Kier molecular flexibility index (Phi) is 43.9. The molecule has 354 valence electrons. The highest BCUT2D eigenvalue weighted by Gasteiger charge is 2.27. The quantitative estimate of drug-likeness (QED) is 0.0233. The van der Waals surface area contributed by atoms with Gasteiger partial charge in [-0.3, -0.25) is 18.6 Å². The van der Waals surface area contributed by atoms with Crippen LogP contribution in [0.25, 0.3) is 0 Å². The Balaban J connectivity index is 3.89. The molecule has 0 aromatic heterocycles. The molecule has 0 rings (SSSR count). The molecule has 61 heavy (non-hydrogen) atoms. The fraction of sp³-hybridized carbons (Fsp3) is 0.760. The first-order valence-corrected chi connectivity index (χ1v) is 25.7. The molecule has 0 spiro atoms. The number of carbonyl (C=O) groups excluding carboxylic acids is 2. The highest BCUT2D eigenvalue weighted by atomic mass is 31.2. The molecule has 0 amide bonds. The normalized spacial score (nSPS) is 14.2. The molecular formula is C50H89O10P. The van der Waals surface area contributed by atoms with Crippen molar-refractivity contribution in [3.8, 4) is 0 Å². The summed E-state index contributed by atoms with van der Waals surface area (Å²) in [5, 5.41) is 19.2. The van der Waals surface area contributed by atoms with Crippen LogP contribution in [0.3, 0.4) is 0 Å². The summed E-state index contributed by atoms with van der Waals surface area (Å²) >= 11 is 0. The lowest BCUT2D eigenvalue weighted by molar-refractivity contribution is -0.153. The highest BCUT2D eigenvalue weighted by Crippen LogP contribution is 2.43. The molecule has 0 radical (unpaired) electrons. The second-order valence-corrected chi connectivity index (χ2v) is 17.5. The predicted octanol–water partition coefficient (Wildman–Crippen LogP) is 13.5. The molecule has 0 bridgehead atoms. The van der Waals surface area contributed by atoms with Crippen LogP contribution in [0, 0.1) is 0 Å². The number of unbranched alkanes of at least 4 members (excludes halogenated alkanes) is 22. The lowest BCUT2D eigenvalue weighted by atomic mass is 10.0. The van der Waals surface area contributed by atoms with Crippen molar-refractivity contribution in [3.05, 3.63) is 60.8 Å². The minimum atomic E-state index is -4.66. The van der Waals surface area contributed by atoms with Crippen LogP contribution in [0.1, 0.15) is 206 Å². The number of hydrogen-bond acceptors (Lipinski definition) is 9. The minimum Gasteiger partial charge on any atom is -0.457 e. The third kappa shape index (κ3) is 44.1. The van der Waals surface area contributed by atoms with Crippen LogP contribution in [-0.2, 0) is 32.7 Å². The summed E-state index contributed by atoms with van der Waals surface area (Å²) in [7, 11) is -4.66. The largest absolute Gasteiger partial charge is 0.472 e. The number of phosphoric acid groups is 1. The van der Waals surface area contributed by atoms with E-state index in [9.17, 15) is 29.3 Å². The third-order valence-corrected chi connectivity index (χ3v) is 11.2. The van der Waals surface area contributed by atoms with Gasteiger partial charge in [-0.25, -0.2) is 4.57 Å². The van der Waals surface area contributed by atoms with Crippen molar-refractivity contribution < 1.29 is 47.8 Å². The molecule has 0 fully saturated rings. The second-order valence-electron chi connectivity index (χ2n) is 16.1. The predicted molar refractivity (Wildman–Crippen MR) is 251 cm³/mol. The highest BCUT2D eigenvalue weighted by molar-refractivity contribution is 7.47. The number of rotatable bonds is 45. The van der Waals surface area contributed by atoms with Gasteiger partial charge in [-0.2, -0.15) is 0 Å². The maximum atomic E-state index is 12.4. The molecule has 0 aliphatic carbocycles. The average Bonchev–Trinajstić information content (AvgIpc) is 3.25. The minimum absolute atomic E-state index is 0.0412. The van der Waals surface area contributed by atoms with E-state index in [0.717, 1.165) is 44.9 Å². The van der Waals surface area contributed by atoms with Gasteiger partial charge in [0.1, 0.15) is 12.2 Å². The first-order valence-electron chi connectivity index (χ1n) is 24.2. The van der Waals surface area contributed by atoms with E-state index in [1.807, 2.05) is 18.2 Å². The van der Waals surface area contributed by atoms with Gasteiger partial charge in [-0.1, -0.05) is 216 Å². The van der Waals surface area contributed by atoms with Crippen LogP contribution in [0.5, 0.6) is 0 Å². The van der Waals surface area contributed by atoms with Gasteiger partial charge in [-0.15, -0.1) is 0 Å². The van der Waals surface area contributed by atoms with Gasteiger partial charge in [-0.05, 0) is 38.5 Å². The Bertz CT molecular complexity index is 1200. The molecule has 0 saturated carbocycles. The summed E-state index contributed by atoms with van der Waals surface area (Å²) in [4.78, 5) is 34.5. The monoisotopic (exact) mass is 881 g/mol. The van der Waals surface area contributed by atoms with Gasteiger partial charge >= 0.3 is 19.8 Å². The molecule has 11 heteroatoms. The third-order valence-electron chi connectivity index (χ3n) is 10.3. The van der Waals surface area contributed by atoms with Gasteiger partial charge in [0.2, 0.25) is 0 Å². The summed E-state index contributed by atoms with van der Waals surface area (Å²) in [6.45, 7) is 2.01. The topological polar surface area (TPSA) is 149 Å². The average molecular weight is 881 g/mol. The molecule has 0 saturated heterocycles. The van der Waals surface area contributed by atoms with Crippen molar-refractivity contribution in [3.63, 3.8) is 0 Å². The van der Waals surface area contributed by atoms with Crippen LogP contribution in [0.15, 0.2) is 60.8 Å². The zero-order valence-electron chi connectivity index (χ0n) is 38.6. The van der Waals surface area contributed by atoms with Crippen molar-refractivity contribution in [2.24, 2.45) is 0 Å². The number of phosphoric ester groups is 1. The lowest BCUT2D eigenvalue weighted by Crippen LogP contribution is -2.28. The Morgan fingerprint density at radius 2 is 0.770 bits per heavy atom. The lowest BCUT2D eigenvalue weighted by Gasteiger charge is -2.20. The SMILES string of the molecule is CC/C=C\C/C=C\C/C=C\C/C=C\C/C=C\CC(=O)OC(CO)COP(=O)(O)OCC(CO)OC(=O)CCCCCCCCCCCCCCCCCCCCCCCCC. The Hall–Kier alpha value is -2.33. The van der Waals surface area contributed by atoms with Gasteiger partial charge in [0.25, 0.3) is 0 Å². The maximum absolute atomic E-state index is 12.4. The van der Waals surface area contributed by atoms with Crippen LogP contribution >= 0.6 is 7.82 Å². The molecule has 0 aliphatic rings. The van der Waals surface area contributed by atoms with Crippen LogP contribution in [0.4, 0.5) is 0 Å². The van der Waals surface area contributed by atoms with Gasteiger partial charge in [0.15, 0.2) is 0 Å². The molecule has 0 heterocycles. The van der Waals surface area contributed by atoms with E-state index in [4.69, 9.17) is 18.5 Å². The van der Waals surface area contributed by atoms with Crippen molar-refractivity contribution in [2.45, 2.75) is 219 Å². The number of aliphatic hydroxyl groups excluding tert-OH is 2. The number of allylic oxidation sites excluding steroid dienone is 9. The van der Waals surface area contributed by atoms with Crippen LogP contribution in [0.2, 0.25) is 0 Å². The van der Waals surface area contributed by atoms with E-state index in [2.05, 4.69) is 50.3 Å². The standard InChI is InChI=1S/C50H89O10P/c1-3-5-7-9-11-13-15-17-19-20-21-22-23-24-25-26-28-30-32-34-36-38-40-42-50(54)60-48(44-52)46-58-61(55,56)57-45-47(43-51)59-49(53)41-39-37-35-33-31-29-27-18-16-14-12-10-8-6-4-2/h6,8,12,14,18,27,31,33,37,39,47-48,51-52H,3-5,7,9-11,13,15-17,19-26,28-30,32,34-36,38,40-46H2,1-2H3,(H,55,56)/b8-6-,14-12-,27-18-,33-31-,39-37-. The summed E-state index contributed by atoms with van der Waals surface area (Å²) in [6, 6.07) is 0. The Morgan fingerprint density at radius 1 is 0.459 bits per heavy atom. The second kappa shape index (κ2) is 45.7. The fourth-order valence-corrected chi connectivity index (χ4v) is 7.39. The van der Waals surface area contributed by atoms with Crippen molar-refractivity contribution in [2.75, 3.05) is 26.4 Å². The van der Waals surface area contributed by atoms with E-state index in [0.29, 0.717) is 12.8 Å². The summed E-state index contributed by atoms with van der Waals surface area (Å²) < 4.78 is 32.5. The number of carbonyl (C=O) groups is 2. The Morgan fingerprint density at radius 3 is 1.11 bits per heavy atom. The van der Waals surface area contributed by atoms with Crippen molar-refractivity contribution in [1.82, 2.24) is 0 Å². The van der Waals surface area contributed by atoms with E-state index in [1.54, 1.807) is 6.08 Å². The zero-order chi connectivity index (χ0) is 44.8. The fourth-order valence-electron chi connectivity index (χ4n) is 6.60. The molecule has 0 aliphatic heterocycles. The number of hydrogen-bond donors (Lipinski definition) is 3. The van der Waals surface area contributed by atoms with E-state index >= 15 is 0 Å².